The van der Waals surface area contributed by atoms with Gasteiger partial charge in [-0.25, -0.2) is 4.79 Å². The third-order valence-electron chi connectivity index (χ3n) is 3.15. The molecule has 1 fully saturated rings. The van der Waals surface area contributed by atoms with E-state index in [1.807, 2.05) is 0 Å². The number of aromatic nitrogens is 1. The zero-order chi connectivity index (χ0) is 15.2. The average Bonchev–Trinajstić information content (AvgIpc) is 3.24. The Kier molecular flexibility index (Phi) is 4.77. The number of amides is 2. The molecule has 2 N–H and O–H groups in total. The van der Waals surface area contributed by atoms with Crippen molar-refractivity contribution in [1.29, 1.82) is 0 Å². The topological polar surface area (TPSA) is 82.5 Å². The quantitative estimate of drug-likeness (QED) is 0.778. The number of anilines is 1. The number of hydrogen-bond donors (Lipinski definition) is 2. The minimum absolute atomic E-state index is 0.140. The summed E-state index contributed by atoms with van der Waals surface area (Å²) < 4.78 is 0. The van der Waals surface area contributed by atoms with Crippen LogP contribution >= 0.6 is 0 Å². The van der Waals surface area contributed by atoms with E-state index in [1.54, 1.807) is 17.0 Å². The van der Waals surface area contributed by atoms with E-state index in [1.165, 1.54) is 6.20 Å². The van der Waals surface area contributed by atoms with E-state index in [-0.39, 0.29) is 19.0 Å². The number of terminal acetylenes is 1. The summed E-state index contributed by atoms with van der Waals surface area (Å²) in [6.45, 7) is 0.938. The number of hydrogen-bond acceptors (Lipinski definition) is 3. The first-order chi connectivity index (χ1) is 10.1. The monoisotopic (exact) mass is 287 g/mol. The molecule has 0 spiro atoms. The Morgan fingerprint density at radius 3 is 2.76 bits per heavy atom. The predicted molar refractivity (Wildman–Crippen MR) is 77.7 cm³/mol. The minimum atomic E-state index is -0.941. The molecule has 0 unspecified atom stereocenters. The van der Waals surface area contributed by atoms with Gasteiger partial charge in [-0.15, -0.1) is 6.42 Å². The van der Waals surface area contributed by atoms with Crippen molar-refractivity contribution in [3.8, 4) is 12.3 Å². The van der Waals surface area contributed by atoms with Crippen LogP contribution < -0.4 is 5.32 Å². The second kappa shape index (κ2) is 6.75. The Balaban J connectivity index is 1.93. The lowest BCUT2D eigenvalue weighted by atomic mass is 10.2. The van der Waals surface area contributed by atoms with Gasteiger partial charge >= 0.3 is 12.0 Å². The van der Waals surface area contributed by atoms with E-state index in [2.05, 4.69) is 16.2 Å². The van der Waals surface area contributed by atoms with Gasteiger partial charge in [-0.1, -0.05) is 5.92 Å². The maximum Gasteiger partial charge on any atom is 0.322 e. The molecule has 2 rings (SSSR count). The highest BCUT2D eigenvalue weighted by Crippen LogP contribution is 2.29. The van der Waals surface area contributed by atoms with Gasteiger partial charge in [-0.2, -0.15) is 0 Å². The fourth-order valence-electron chi connectivity index (χ4n) is 1.90. The first-order valence-electron chi connectivity index (χ1n) is 6.74. The zero-order valence-electron chi connectivity index (χ0n) is 11.6. The largest absolute Gasteiger partial charge is 0.481 e. The molecule has 0 radical (unpaired) electrons. The lowest BCUT2D eigenvalue weighted by Crippen LogP contribution is -2.36. The lowest BCUT2D eigenvalue weighted by molar-refractivity contribution is -0.136. The van der Waals surface area contributed by atoms with Gasteiger partial charge in [0.25, 0.3) is 0 Å². The molecular weight excluding hydrogens is 270 g/mol. The fraction of sp³-hybridized carbons (Fsp3) is 0.400. The molecule has 1 aromatic rings. The van der Waals surface area contributed by atoms with Crippen LogP contribution in [0.5, 0.6) is 0 Å². The van der Waals surface area contributed by atoms with E-state index < -0.39 is 5.97 Å². The molecule has 110 valence electrons. The van der Waals surface area contributed by atoms with Gasteiger partial charge in [0.2, 0.25) is 0 Å². The summed E-state index contributed by atoms with van der Waals surface area (Å²) in [6.07, 6.45) is 8.87. The summed E-state index contributed by atoms with van der Waals surface area (Å²) in [5, 5.41) is 11.4. The van der Waals surface area contributed by atoms with Gasteiger partial charge in [0.05, 0.1) is 30.5 Å². The summed E-state index contributed by atoms with van der Waals surface area (Å²) in [5.41, 5.74) is 0.964. The zero-order valence-corrected chi connectivity index (χ0v) is 11.6. The molecule has 1 aliphatic rings. The molecule has 1 heterocycles. The lowest BCUT2D eigenvalue weighted by Gasteiger charge is -2.20. The van der Waals surface area contributed by atoms with Crippen molar-refractivity contribution >= 4 is 17.7 Å². The third-order valence-corrected chi connectivity index (χ3v) is 3.15. The molecule has 0 atom stereocenters. The number of carbonyl (C=O) groups is 2. The maximum absolute atomic E-state index is 12.1. The van der Waals surface area contributed by atoms with Gasteiger partial charge in [0.15, 0.2) is 0 Å². The highest BCUT2D eigenvalue weighted by Gasteiger charge is 2.26. The van der Waals surface area contributed by atoms with Crippen LogP contribution in [0.15, 0.2) is 18.3 Å². The van der Waals surface area contributed by atoms with Crippen molar-refractivity contribution in [3.05, 3.63) is 24.0 Å². The van der Waals surface area contributed by atoms with E-state index in [4.69, 9.17) is 11.5 Å². The van der Waals surface area contributed by atoms with Gasteiger partial charge in [-0.05, 0) is 30.9 Å². The number of nitrogens with zero attached hydrogens (tertiary/aromatic N) is 2. The summed E-state index contributed by atoms with van der Waals surface area (Å²) in [7, 11) is 0. The molecule has 0 aliphatic heterocycles. The van der Waals surface area contributed by atoms with Crippen LogP contribution in [0.4, 0.5) is 10.5 Å². The molecule has 21 heavy (non-hydrogen) atoms. The standard InChI is InChI=1S/C15H17N3O3/c1-2-7-18(10-11-3-4-11)15(21)17-13-6-5-12(16-9-13)8-14(19)20/h1,5-6,9,11H,3-4,7-8,10H2,(H,17,21)(H,19,20). The Hall–Kier alpha value is -2.55. The number of nitrogens with one attached hydrogen (secondary N) is 1. The molecule has 0 bridgehead atoms. The molecule has 6 heteroatoms. The number of aliphatic carboxylic acids is 1. The predicted octanol–water partition coefficient (Wildman–Crippen LogP) is 1.59. The van der Waals surface area contributed by atoms with Crippen molar-refractivity contribution in [2.24, 2.45) is 5.92 Å². The van der Waals surface area contributed by atoms with Gasteiger partial charge in [-0.3, -0.25) is 9.78 Å². The summed E-state index contributed by atoms with van der Waals surface area (Å²) >= 11 is 0. The van der Waals surface area contributed by atoms with E-state index in [0.717, 1.165) is 12.8 Å². The third kappa shape index (κ3) is 4.80. The molecule has 0 aromatic carbocycles. The molecule has 1 aromatic heterocycles. The van der Waals surface area contributed by atoms with Crippen molar-refractivity contribution < 1.29 is 14.7 Å². The summed E-state index contributed by atoms with van der Waals surface area (Å²) in [5.74, 6) is 2.10. The number of carboxylic acid groups (broad SMARTS) is 1. The molecule has 0 saturated heterocycles. The molecule has 1 aliphatic carbocycles. The van der Waals surface area contributed by atoms with Crippen LogP contribution in [0.1, 0.15) is 18.5 Å². The summed E-state index contributed by atoms with van der Waals surface area (Å²) in [4.78, 5) is 28.3. The fourth-order valence-corrected chi connectivity index (χ4v) is 1.90. The first kappa shape index (κ1) is 14.9. The highest BCUT2D eigenvalue weighted by atomic mass is 16.4. The summed E-state index contributed by atoms with van der Waals surface area (Å²) in [6, 6.07) is 2.96. The number of carbonyl (C=O) groups excluding carboxylic acids is 1. The number of pyridine rings is 1. The van der Waals surface area contributed by atoms with Crippen LogP contribution in [0.25, 0.3) is 0 Å². The first-order valence-corrected chi connectivity index (χ1v) is 6.74. The van der Waals surface area contributed by atoms with Crippen molar-refractivity contribution in [2.75, 3.05) is 18.4 Å². The SMILES string of the molecule is C#CCN(CC1CC1)C(=O)Nc1ccc(CC(=O)O)nc1. The molecule has 2 amide bonds. The van der Waals surface area contributed by atoms with E-state index in [9.17, 15) is 9.59 Å². The molecule has 6 nitrogen and oxygen atoms in total. The Bertz CT molecular complexity index is 559. The average molecular weight is 287 g/mol. The van der Waals surface area contributed by atoms with Crippen LogP contribution in [0.2, 0.25) is 0 Å². The highest BCUT2D eigenvalue weighted by molar-refractivity contribution is 5.89. The Morgan fingerprint density at radius 1 is 1.48 bits per heavy atom. The molecule has 1 saturated carbocycles. The van der Waals surface area contributed by atoms with Crippen molar-refractivity contribution in [1.82, 2.24) is 9.88 Å². The van der Waals surface area contributed by atoms with Crippen LogP contribution in [-0.2, 0) is 11.2 Å². The van der Waals surface area contributed by atoms with E-state index >= 15 is 0 Å². The van der Waals surface area contributed by atoms with Crippen LogP contribution in [0.3, 0.4) is 0 Å². The Morgan fingerprint density at radius 2 is 2.24 bits per heavy atom. The van der Waals surface area contributed by atoms with Gasteiger partial charge < -0.3 is 15.3 Å². The van der Waals surface area contributed by atoms with Gasteiger partial charge in [0, 0.05) is 6.54 Å². The second-order valence-corrected chi connectivity index (χ2v) is 5.07. The van der Waals surface area contributed by atoms with Crippen molar-refractivity contribution in [3.63, 3.8) is 0 Å². The smallest absolute Gasteiger partial charge is 0.322 e. The van der Waals surface area contributed by atoms with Crippen molar-refractivity contribution in [2.45, 2.75) is 19.3 Å². The number of urea groups is 1. The number of carboxylic acids is 1. The van der Waals surface area contributed by atoms with Crippen LogP contribution in [0, 0.1) is 18.3 Å². The second-order valence-electron chi connectivity index (χ2n) is 5.07. The number of rotatable bonds is 6. The van der Waals surface area contributed by atoms with Crippen LogP contribution in [-0.4, -0.2) is 40.1 Å². The minimum Gasteiger partial charge on any atom is -0.481 e. The maximum atomic E-state index is 12.1. The molecular formula is C15H17N3O3. The van der Waals surface area contributed by atoms with E-state index in [0.29, 0.717) is 23.8 Å². The van der Waals surface area contributed by atoms with Gasteiger partial charge in [0.1, 0.15) is 0 Å². The Labute approximate surface area is 123 Å². The normalized spacial score (nSPS) is 13.3.